The minimum atomic E-state index is -0.547. The SMILES string of the molecule is COc1ccc(CN(C(=O)C(CN)OC)C2CC2)cc1.Cl. The Morgan fingerprint density at radius 2 is 1.95 bits per heavy atom. The van der Waals surface area contributed by atoms with Crippen molar-refractivity contribution in [2.45, 2.75) is 31.5 Å². The fraction of sp³-hybridized carbons (Fsp3) is 0.533. The molecule has 1 atom stereocenters. The van der Waals surface area contributed by atoms with Gasteiger partial charge >= 0.3 is 0 Å². The van der Waals surface area contributed by atoms with E-state index in [0.717, 1.165) is 24.2 Å². The predicted molar refractivity (Wildman–Crippen MR) is 83.7 cm³/mol. The van der Waals surface area contributed by atoms with E-state index in [0.29, 0.717) is 12.6 Å². The summed E-state index contributed by atoms with van der Waals surface area (Å²) in [4.78, 5) is 14.3. The van der Waals surface area contributed by atoms with Crippen LogP contribution in [0.25, 0.3) is 0 Å². The Labute approximate surface area is 131 Å². The molecule has 5 nitrogen and oxygen atoms in total. The van der Waals surface area contributed by atoms with Gasteiger partial charge in [-0.3, -0.25) is 4.79 Å². The van der Waals surface area contributed by atoms with Crippen LogP contribution in [0, 0.1) is 0 Å². The second-order valence-electron chi connectivity index (χ2n) is 5.01. The number of methoxy groups -OCH3 is 2. The number of ether oxygens (including phenoxy) is 2. The van der Waals surface area contributed by atoms with Gasteiger partial charge in [0.05, 0.1) is 7.11 Å². The van der Waals surface area contributed by atoms with Crippen molar-refractivity contribution in [3.63, 3.8) is 0 Å². The number of benzene rings is 1. The molecule has 0 heterocycles. The maximum atomic E-state index is 12.4. The Morgan fingerprint density at radius 1 is 1.33 bits per heavy atom. The summed E-state index contributed by atoms with van der Waals surface area (Å²) in [5.74, 6) is 0.795. The van der Waals surface area contributed by atoms with Crippen molar-refractivity contribution in [1.82, 2.24) is 4.90 Å². The average Bonchev–Trinajstić information content (AvgIpc) is 3.31. The first kappa shape index (κ1) is 17.8. The number of hydrogen-bond acceptors (Lipinski definition) is 4. The molecular formula is C15H23ClN2O3. The van der Waals surface area contributed by atoms with Gasteiger partial charge in [-0.05, 0) is 30.5 Å². The predicted octanol–water partition coefficient (Wildman–Crippen LogP) is 1.58. The van der Waals surface area contributed by atoms with Crippen LogP contribution < -0.4 is 10.5 Å². The highest BCUT2D eigenvalue weighted by Gasteiger charge is 2.35. The molecule has 0 radical (unpaired) electrons. The largest absolute Gasteiger partial charge is 0.497 e. The molecule has 6 heteroatoms. The van der Waals surface area contributed by atoms with Gasteiger partial charge < -0.3 is 20.1 Å². The molecule has 2 N–H and O–H groups in total. The summed E-state index contributed by atoms with van der Waals surface area (Å²) in [5.41, 5.74) is 6.67. The van der Waals surface area contributed by atoms with E-state index >= 15 is 0 Å². The van der Waals surface area contributed by atoms with Gasteiger partial charge in [-0.1, -0.05) is 12.1 Å². The number of halogens is 1. The van der Waals surface area contributed by atoms with Gasteiger partial charge in [-0.2, -0.15) is 0 Å². The van der Waals surface area contributed by atoms with E-state index in [1.807, 2.05) is 29.2 Å². The molecular weight excluding hydrogens is 292 g/mol. The van der Waals surface area contributed by atoms with Crippen molar-refractivity contribution in [3.05, 3.63) is 29.8 Å². The van der Waals surface area contributed by atoms with Crippen LogP contribution in [0.4, 0.5) is 0 Å². The molecule has 1 aliphatic carbocycles. The van der Waals surface area contributed by atoms with Crippen LogP contribution in [0.2, 0.25) is 0 Å². The summed E-state index contributed by atoms with van der Waals surface area (Å²) in [7, 11) is 3.16. The summed E-state index contributed by atoms with van der Waals surface area (Å²) in [6.45, 7) is 0.800. The van der Waals surface area contributed by atoms with E-state index in [9.17, 15) is 4.79 Å². The van der Waals surface area contributed by atoms with Crippen LogP contribution in [0.3, 0.4) is 0 Å². The van der Waals surface area contributed by atoms with E-state index < -0.39 is 6.10 Å². The normalized spacial score (nSPS) is 15.0. The first-order valence-corrected chi connectivity index (χ1v) is 6.86. The molecule has 1 amide bonds. The maximum Gasteiger partial charge on any atom is 0.253 e. The molecule has 1 aromatic carbocycles. The molecule has 0 spiro atoms. The zero-order valence-electron chi connectivity index (χ0n) is 12.5. The van der Waals surface area contributed by atoms with Gasteiger partial charge in [0.15, 0.2) is 0 Å². The maximum absolute atomic E-state index is 12.4. The average molecular weight is 315 g/mol. The molecule has 1 aromatic rings. The van der Waals surface area contributed by atoms with E-state index in [4.69, 9.17) is 15.2 Å². The standard InChI is InChI=1S/C15H22N2O3.ClH/c1-19-13-7-3-11(4-8-13)10-17(12-5-6-12)15(18)14(9-16)20-2;/h3-4,7-8,12,14H,5-6,9-10,16H2,1-2H3;1H. The molecule has 2 rings (SSSR count). The highest BCUT2D eigenvalue weighted by atomic mass is 35.5. The Morgan fingerprint density at radius 3 is 2.38 bits per heavy atom. The Hall–Kier alpha value is -1.30. The lowest BCUT2D eigenvalue weighted by atomic mass is 10.2. The highest BCUT2D eigenvalue weighted by molar-refractivity contribution is 5.85. The first-order valence-electron chi connectivity index (χ1n) is 6.86. The number of nitrogens with two attached hydrogens (primary N) is 1. The quantitative estimate of drug-likeness (QED) is 0.830. The van der Waals surface area contributed by atoms with Crippen LogP contribution in [-0.2, 0) is 16.1 Å². The molecule has 0 aliphatic heterocycles. The lowest BCUT2D eigenvalue weighted by Gasteiger charge is -2.26. The van der Waals surface area contributed by atoms with Crippen molar-refractivity contribution in [2.24, 2.45) is 5.73 Å². The molecule has 0 aromatic heterocycles. The van der Waals surface area contributed by atoms with Crippen LogP contribution in [-0.4, -0.2) is 43.7 Å². The van der Waals surface area contributed by atoms with Gasteiger partial charge in [0.1, 0.15) is 11.9 Å². The zero-order valence-corrected chi connectivity index (χ0v) is 13.3. The lowest BCUT2D eigenvalue weighted by Crippen LogP contribution is -2.44. The van der Waals surface area contributed by atoms with Crippen LogP contribution in [0.15, 0.2) is 24.3 Å². The van der Waals surface area contributed by atoms with Crippen molar-refractivity contribution in [1.29, 1.82) is 0 Å². The highest BCUT2D eigenvalue weighted by Crippen LogP contribution is 2.29. The third-order valence-electron chi connectivity index (χ3n) is 3.56. The Kier molecular flexibility index (Phi) is 6.95. The summed E-state index contributed by atoms with van der Waals surface area (Å²) in [6.07, 6.45) is 1.57. The summed E-state index contributed by atoms with van der Waals surface area (Å²) in [6, 6.07) is 8.09. The molecule has 1 saturated carbocycles. The smallest absolute Gasteiger partial charge is 0.253 e. The number of hydrogen-bond donors (Lipinski definition) is 1. The lowest BCUT2D eigenvalue weighted by molar-refractivity contribution is -0.142. The topological polar surface area (TPSA) is 64.8 Å². The molecule has 1 unspecified atom stereocenters. The molecule has 21 heavy (non-hydrogen) atoms. The molecule has 0 bridgehead atoms. The third kappa shape index (κ3) is 4.59. The van der Waals surface area contributed by atoms with Crippen molar-refractivity contribution >= 4 is 18.3 Å². The Balaban J connectivity index is 0.00000220. The van der Waals surface area contributed by atoms with E-state index in [1.165, 1.54) is 7.11 Å². The minimum Gasteiger partial charge on any atom is -0.497 e. The van der Waals surface area contributed by atoms with Crippen LogP contribution >= 0.6 is 12.4 Å². The fourth-order valence-corrected chi connectivity index (χ4v) is 2.18. The molecule has 118 valence electrons. The van der Waals surface area contributed by atoms with Crippen molar-refractivity contribution in [2.75, 3.05) is 20.8 Å². The third-order valence-corrected chi connectivity index (χ3v) is 3.56. The molecule has 0 saturated heterocycles. The number of carbonyl (C=O) groups is 1. The fourth-order valence-electron chi connectivity index (χ4n) is 2.18. The van der Waals surface area contributed by atoms with Gasteiger partial charge in [-0.25, -0.2) is 0 Å². The van der Waals surface area contributed by atoms with Crippen LogP contribution in [0.5, 0.6) is 5.75 Å². The second-order valence-corrected chi connectivity index (χ2v) is 5.01. The molecule has 1 fully saturated rings. The first-order chi connectivity index (χ1) is 9.69. The summed E-state index contributed by atoms with van der Waals surface area (Å²) >= 11 is 0. The van der Waals surface area contributed by atoms with E-state index in [-0.39, 0.29) is 24.9 Å². The van der Waals surface area contributed by atoms with Crippen molar-refractivity contribution < 1.29 is 14.3 Å². The minimum absolute atomic E-state index is 0. The van der Waals surface area contributed by atoms with Crippen molar-refractivity contribution in [3.8, 4) is 5.75 Å². The monoisotopic (exact) mass is 314 g/mol. The van der Waals surface area contributed by atoms with E-state index in [2.05, 4.69) is 0 Å². The summed E-state index contributed by atoms with van der Waals surface area (Å²) in [5, 5.41) is 0. The zero-order chi connectivity index (χ0) is 14.5. The Bertz CT molecular complexity index is 445. The van der Waals surface area contributed by atoms with E-state index in [1.54, 1.807) is 7.11 Å². The van der Waals surface area contributed by atoms with Gasteiger partial charge in [0.2, 0.25) is 0 Å². The van der Waals surface area contributed by atoms with Gasteiger partial charge in [-0.15, -0.1) is 12.4 Å². The summed E-state index contributed by atoms with van der Waals surface area (Å²) < 4.78 is 10.3. The second kappa shape index (κ2) is 8.22. The number of rotatable bonds is 7. The number of amides is 1. The number of nitrogens with zero attached hydrogens (tertiary/aromatic N) is 1. The van der Waals surface area contributed by atoms with Crippen LogP contribution in [0.1, 0.15) is 18.4 Å². The molecule has 1 aliphatic rings. The van der Waals surface area contributed by atoms with Gasteiger partial charge in [0.25, 0.3) is 5.91 Å². The van der Waals surface area contributed by atoms with Gasteiger partial charge in [0, 0.05) is 26.2 Å². The number of carbonyl (C=O) groups excluding carboxylic acids is 1.